The van der Waals surface area contributed by atoms with Crippen molar-refractivity contribution in [1.82, 2.24) is 9.80 Å². The van der Waals surface area contributed by atoms with Crippen molar-refractivity contribution in [2.45, 2.75) is 38.8 Å². The fourth-order valence-electron chi connectivity index (χ4n) is 3.51. The molecule has 116 valence electrons. The van der Waals surface area contributed by atoms with Crippen LogP contribution >= 0.6 is 0 Å². The Morgan fingerprint density at radius 1 is 1.10 bits per heavy atom. The summed E-state index contributed by atoms with van der Waals surface area (Å²) in [6.07, 6.45) is 2.84. The lowest BCUT2D eigenvalue weighted by Crippen LogP contribution is -2.51. The highest BCUT2D eigenvalue weighted by molar-refractivity contribution is 5.20. The van der Waals surface area contributed by atoms with Crippen molar-refractivity contribution in [3.05, 3.63) is 35.9 Å². The fourth-order valence-corrected chi connectivity index (χ4v) is 3.51. The third kappa shape index (κ3) is 3.65. The van der Waals surface area contributed by atoms with E-state index in [1.807, 2.05) is 0 Å². The van der Waals surface area contributed by atoms with Gasteiger partial charge in [-0.25, -0.2) is 0 Å². The van der Waals surface area contributed by atoms with Gasteiger partial charge in [-0.15, -0.1) is 0 Å². The number of hydrogen-bond donors (Lipinski definition) is 1. The van der Waals surface area contributed by atoms with Gasteiger partial charge < -0.3 is 10.6 Å². The molecule has 3 nitrogen and oxygen atoms in total. The molecule has 2 fully saturated rings. The molecular formula is C18H29N3. The van der Waals surface area contributed by atoms with Crippen molar-refractivity contribution >= 4 is 0 Å². The summed E-state index contributed by atoms with van der Waals surface area (Å²) >= 11 is 0. The molecule has 1 saturated carbocycles. The molecule has 3 rings (SSSR count). The van der Waals surface area contributed by atoms with Crippen LogP contribution in [0.4, 0.5) is 0 Å². The average molecular weight is 287 g/mol. The third-order valence-corrected chi connectivity index (χ3v) is 5.10. The number of rotatable bonds is 5. The maximum atomic E-state index is 6.54. The monoisotopic (exact) mass is 287 g/mol. The summed E-state index contributed by atoms with van der Waals surface area (Å²) in [4.78, 5) is 5.27. The van der Waals surface area contributed by atoms with Crippen LogP contribution in [0.15, 0.2) is 30.3 Å². The maximum Gasteiger partial charge on any atom is 0.0359 e. The molecule has 0 spiro atoms. The zero-order valence-corrected chi connectivity index (χ0v) is 13.5. The Hall–Kier alpha value is -0.900. The second-order valence-corrected chi connectivity index (χ2v) is 7.42. The molecule has 0 amide bonds. The van der Waals surface area contributed by atoms with Gasteiger partial charge >= 0.3 is 0 Å². The quantitative estimate of drug-likeness (QED) is 0.903. The highest BCUT2D eigenvalue weighted by atomic mass is 15.3. The van der Waals surface area contributed by atoms with Gasteiger partial charge in [0.25, 0.3) is 0 Å². The number of nitrogens with two attached hydrogens (primary N) is 1. The molecule has 1 saturated heterocycles. The lowest BCUT2D eigenvalue weighted by atomic mass is 9.80. The zero-order valence-electron chi connectivity index (χ0n) is 13.5. The first-order valence-electron chi connectivity index (χ1n) is 8.33. The second-order valence-electron chi connectivity index (χ2n) is 7.42. The van der Waals surface area contributed by atoms with Gasteiger partial charge in [0, 0.05) is 44.8 Å². The Labute approximate surface area is 129 Å². The van der Waals surface area contributed by atoms with Crippen LogP contribution in [0, 0.1) is 5.41 Å². The smallest absolute Gasteiger partial charge is 0.0359 e. The average Bonchev–Trinajstić information content (AvgIpc) is 3.32. The summed E-state index contributed by atoms with van der Waals surface area (Å²) in [5.74, 6) is 0. The van der Waals surface area contributed by atoms with Crippen molar-refractivity contribution in [2.75, 3.05) is 32.7 Å². The number of hydrogen-bond acceptors (Lipinski definition) is 3. The standard InChI is InChI=1S/C18H29N3/c1-18(2,17(19)15-6-4-3-5-7-15)14-20-10-12-21(13-11-20)16-8-9-16/h3-7,16-17H,8-14,19H2,1-2H3. The van der Waals surface area contributed by atoms with Crippen LogP contribution in [0.5, 0.6) is 0 Å². The van der Waals surface area contributed by atoms with Gasteiger partial charge in [-0.1, -0.05) is 44.2 Å². The summed E-state index contributed by atoms with van der Waals surface area (Å²) in [6, 6.07) is 11.5. The Kier molecular flexibility index (Phi) is 4.34. The minimum Gasteiger partial charge on any atom is -0.323 e. The van der Waals surface area contributed by atoms with Gasteiger partial charge in [-0.2, -0.15) is 0 Å². The van der Waals surface area contributed by atoms with Crippen molar-refractivity contribution in [3.63, 3.8) is 0 Å². The van der Waals surface area contributed by atoms with Gasteiger partial charge in [0.15, 0.2) is 0 Å². The normalized spacial score (nSPS) is 23.2. The summed E-state index contributed by atoms with van der Waals surface area (Å²) in [6.45, 7) is 10.6. The lowest BCUT2D eigenvalue weighted by molar-refractivity contribution is 0.0830. The first kappa shape index (κ1) is 15.0. The summed E-state index contributed by atoms with van der Waals surface area (Å²) in [5.41, 5.74) is 7.89. The molecule has 0 aromatic heterocycles. The number of benzene rings is 1. The van der Waals surface area contributed by atoms with Crippen LogP contribution in [-0.4, -0.2) is 48.6 Å². The topological polar surface area (TPSA) is 32.5 Å². The SMILES string of the molecule is CC(C)(CN1CCN(C2CC2)CC1)C(N)c1ccccc1. The predicted octanol–water partition coefficient (Wildman–Crippen LogP) is 2.49. The van der Waals surface area contributed by atoms with Gasteiger partial charge in [0.1, 0.15) is 0 Å². The second kappa shape index (κ2) is 6.07. The molecule has 21 heavy (non-hydrogen) atoms. The first-order chi connectivity index (χ1) is 10.1. The van der Waals surface area contributed by atoms with E-state index in [9.17, 15) is 0 Å². The minimum absolute atomic E-state index is 0.0974. The van der Waals surface area contributed by atoms with Crippen molar-refractivity contribution < 1.29 is 0 Å². The van der Waals surface area contributed by atoms with E-state index < -0.39 is 0 Å². The molecule has 0 bridgehead atoms. The van der Waals surface area contributed by atoms with E-state index in [0.29, 0.717) is 0 Å². The summed E-state index contributed by atoms with van der Waals surface area (Å²) in [7, 11) is 0. The molecule has 1 aromatic carbocycles. The molecular weight excluding hydrogens is 258 g/mol. The van der Waals surface area contributed by atoms with E-state index in [0.717, 1.165) is 12.6 Å². The predicted molar refractivity (Wildman–Crippen MR) is 88.2 cm³/mol. The van der Waals surface area contributed by atoms with Crippen LogP contribution < -0.4 is 5.73 Å². The van der Waals surface area contributed by atoms with Gasteiger partial charge in [0.2, 0.25) is 0 Å². The fraction of sp³-hybridized carbons (Fsp3) is 0.667. The highest BCUT2D eigenvalue weighted by Crippen LogP contribution is 2.33. The van der Waals surface area contributed by atoms with E-state index >= 15 is 0 Å². The van der Waals surface area contributed by atoms with E-state index in [1.54, 1.807) is 0 Å². The Morgan fingerprint density at radius 2 is 1.71 bits per heavy atom. The third-order valence-electron chi connectivity index (χ3n) is 5.10. The molecule has 0 radical (unpaired) electrons. The molecule has 2 aliphatic rings. The lowest BCUT2D eigenvalue weighted by Gasteiger charge is -2.41. The zero-order chi connectivity index (χ0) is 14.9. The summed E-state index contributed by atoms with van der Waals surface area (Å²) < 4.78 is 0. The van der Waals surface area contributed by atoms with Crippen LogP contribution in [0.25, 0.3) is 0 Å². The molecule has 2 N–H and O–H groups in total. The summed E-state index contributed by atoms with van der Waals surface area (Å²) in [5, 5.41) is 0. The van der Waals surface area contributed by atoms with Crippen LogP contribution in [0.1, 0.15) is 38.3 Å². The highest BCUT2D eigenvalue weighted by Gasteiger charge is 2.34. The van der Waals surface area contributed by atoms with Crippen LogP contribution in [0.2, 0.25) is 0 Å². The molecule has 1 heterocycles. The Bertz CT molecular complexity index is 445. The Morgan fingerprint density at radius 3 is 2.29 bits per heavy atom. The largest absolute Gasteiger partial charge is 0.323 e. The van der Waals surface area contributed by atoms with Crippen LogP contribution in [-0.2, 0) is 0 Å². The molecule has 1 aromatic rings. The first-order valence-corrected chi connectivity index (χ1v) is 8.33. The van der Waals surface area contributed by atoms with Crippen molar-refractivity contribution in [3.8, 4) is 0 Å². The van der Waals surface area contributed by atoms with Gasteiger partial charge in [-0.3, -0.25) is 4.90 Å². The van der Waals surface area contributed by atoms with Gasteiger partial charge in [-0.05, 0) is 23.8 Å². The van der Waals surface area contributed by atoms with E-state index in [1.165, 1.54) is 44.6 Å². The van der Waals surface area contributed by atoms with Gasteiger partial charge in [0.05, 0.1) is 0 Å². The van der Waals surface area contributed by atoms with E-state index in [-0.39, 0.29) is 11.5 Å². The number of piperazine rings is 1. The molecule has 3 heteroatoms. The van der Waals surface area contributed by atoms with Crippen molar-refractivity contribution in [2.24, 2.45) is 11.1 Å². The molecule has 1 atom stereocenters. The molecule has 1 aliphatic heterocycles. The van der Waals surface area contributed by atoms with Crippen LogP contribution in [0.3, 0.4) is 0 Å². The van der Waals surface area contributed by atoms with Crippen molar-refractivity contribution in [1.29, 1.82) is 0 Å². The number of nitrogens with zero attached hydrogens (tertiary/aromatic N) is 2. The van der Waals surface area contributed by atoms with E-state index in [4.69, 9.17) is 5.73 Å². The maximum absolute atomic E-state index is 6.54. The minimum atomic E-state index is 0.0974. The molecule has 1 unspecified atom stereocenters. The van der Waals surface area contributed by atoms with E-state index in [2.05, 4.69) is 54.0 Å². The molecule has 1 aliphatic carbocycles. The Balaban J connectivity index is 1.55.